The van der Waals surface area contributed by atoms with E-state index in [-0.39, 0.29) is 17.3 Å². The number of rotatable bonds is 7. The molecule has 1 amide bonds. The predicted molar refractivity (Wildman–Crippen MR) is 121 cm³/mol. The lowest BCUT2D eigenvalue weighted by atomic mass is 10.2. The summed E-state index contributed by atoms with van der Waals surface area (Å²) in [6, 6.07) is 22.6. The summed E-state index contributed by atoms with van der Waals surface area (Å²) in [6.45, 7) is 2.43. The highest BCUT2D eigenvalue weighted by atomic mass is 32.2. The normalized spacial score (nSPS) is 10.9. The van der Waals surface area contributed by atoms with Crippen molar-refractivity contribution in [2.45, 2.75) is 18.6 Å². The van der Waals surface area contributed by atoms with E-state index in [4.69, 9.17) is 0 Å². The molecule has 0 saturated carbocycles. The quantitative estimate of drug-likeness (QED) is 0.195. The Morgan fingerprint density at radius 3 is 2.58 bits per heavy atom. The van der Waals surface area contributed by atoms with Crippen molar-refractivity contribution in [3.8, 4) is 0 Å². The summed E-state index contributed by atoms with van der Waals surface area (Å²) < 4.78 is 2.17. The maximum absolute atomic E-state index is 12.6. The molecular formula is C23H21N4O3S+. The van der Waals surface area contributed by atoms with Gasteiger partial charge in [0, 0.05) is 17.8 Å². The molecule has 4 aromatic rings. The molecule has 0 saturated heterocycles. The number of aromatic nitrogens is 2. The van der Waals surface area contributed by atoms with Crippen LogP contribution in [0.1, 0.15) is 11.1 Å². The van der Waals surface area contributed by atoms with Crippen molar-refractivity contribution < 1.29 is 14.3 Å². The zero-order valence-corrected chi connectivity index (χ0v) is 17.7. The number of fused-ring (bicyclic) bond motifs is 1. The second-order valence-electron chi connectivity index (χ2n) is 7.11. The first-order valence-corrected chi connectivity index (χ1v) is 10.7. The number of hydrogen-bond donors (Lipinski definition) is 2. The van der Waals surface area contributed by atoms with Crippen molar-refractivity contribution in [2.75, 3.05) is 11.1 Å². The molecule has 156 valence electrons. The highest BCUT2D eigenvalue weighted by Crippen LogP contribution is 2.23. The van der Waals surface area contributed by atoms with Crippen molar-refractivity contribution in [2.24, 2.45) is 0 Å². The number of nitro benzene ring substituents is 1. The number of thioether (sulfide) groups is 1. The molecule has 0 aliphatic heterocycles. The number of hydrogen-bond acceptors (Lipinski definition) is 4. The number of para-hydroxylation sites is 2. The molecule has 7 nitrogen and oxygen atoms in total. The number of aromatic amines is 1. The van der Waals surface area contributed by atoms with Gasteiger partial charge < -0.3 is 5.32 Å². The van der Waals surface area contributed by atoms with Crippen LogP contribution < -0.4 is 9.88 Å². The first-order valence-electron chi connectivity index (χ1n) is 9.73. The van der Waals surface area contributed by atoms with Crippen LogP contribution in [-0.2, 0) is 11.3 Å². The van der Waals surface area contributed by atoms with Gasteiger partial charge in [-0.3, -0.25) is 14.9 Å². The number of imidazole rings is 1. The van der Waals surface area contributed by atoms with E-state index >= 15 is 0 Å². The van der Waals surface area contributed by atoms with Gasteiger partial charge in [0.25, 0.3) is 5.69 Å². The van der Waals surface area contributed by atoms with Crippen LogP contribution in [0.2, 0.25) is 0 Å². The minimum absolute atomic E-state index is 0.00454. The molecule has 3 aromatic carbocycles. The summed E-state index contributed by atoms with van der Waals surface area (Å²) in [7, 11) is 0. The molecule has 8 heteroatoms. The Morgan fingerprint density at radius 1 is 1.10 bits per heavy atom. The number of nitrogens with zero attached hydrogens (tertiary/aromatic N) is 2. The third kappa shape index (κ3) is 4.75. The van der Waals surface area contributed by atoms with Gasteiger partial charge >= 0.3 is 5.16 Å². The summed E-state index contributed by atoms with van der Waals surface area (Å²) in [5.41, 5.74) is 4.48. The number of nitro groups is 1. The van der Waals surface area contributed by atoms with Crippen LogP contribution in [0.3, 0.4) is 0 Å². The Bertz CT molecular complexity index is 1250. The molecule has 0 unspecified atom stereocenters. The van der Waals surface area contributed by atoms with E-state index in [0.717, 1.165) is 16.2 Å². The van der Waals surface area contributed by atoms with Crippen molar-refractivity contribution >= 4 is 40.1 Å². The van der Waals surface area contributed by atoms with Crippen LogP contribution in [-0.4, -0.2) is 21.6 Å². The lowest BCUT2D eigenvalue weighted by Gasteiger charge is -2.07. The van der Waals surface area contributed by atoms with Gasteiger partial charge in [-0.2, -0.15) is 0 Å². The van der Waals surface area contributed by atoms with Crippen LogP contribution in [0, 0.1) is 17.0 Å². The summed E-state index contributed by atoms with van der Waals surface area (Å²) in [5.74, 6) is 0.0322. The minimum atomic E-state index is -0.449. The topological polar surface area (TPSA) is 91.9 Å². The van der Waals surface area contributed by atoms with Crippen molar-refractivity contribution in [3.63, 3.8) is 0 Å². The second kappa shape index (κ2) is 9.01. The molecule has 4 rings (SSSR count). The molecule has 1 heterocycles. The fraction of sp³-hybridized carbons (Fsp3) is 0.130. The Hall–Kier alpha value is -3.65. The number of anilines is 1. The zero-order chi connectivity index (χ0) is 21.8. The molecule has 0 spiro atoms. The van der Waals surface area contributed by atoms with Crippen LogP contribution in [0.5, 0.6) is 0 Å². The second-order valence-corrected chi connectivity index (χ2v) is 8.08. The maximum Gasteiger partial charge on any atom is 0.317 e. The molecule has 0 fully saturated rings. The smallest absolute Gasteiger partial charge is 0.317 e. The van der Waals surface area contributed by atoms with E-state index in [1.807, 2.05) is 36.4 Å². The summed E-state index contributed by atoms with van der Waals surface area (Å²) in [4.78, 5) is 26.4. The van der Waals surface area contributed by atoms with Crippen molar-refractivity contribution in [3.05, 3.63) is 94.0 Å². The van der Waals surface area contributed by atoms with Gasteiger partial charge in [0.15, 0.2) is 11.0 Å². The van der Waals surface area contributed by atoms with E-state index in [9.17, 15) is 14.9 Å². The molecule has 2 N–H and O–H groups in total. The van der Waals surface area contributed by atoms with E-state index in [1.54, 1.807) is 13.0 Å². The molecule has 1 aromatic heterocycles. The van der Waals surface area contributed by atoms with Crippen LogP contribution in [0.4, 0.5) is 11.4 Å². The Labute approximate surface area is 183 Å². The number of benzene rings is 3. The number of aryl methyl sites for hydroxylation is 1. The highest BCUT2D eigenvalue weighted by Gasteiger charge is 2.20. The molecule has 31 heavy (non-hydrogen) atoms. The van der Waals surface area contributed by atoms with E-state index in [1.165, 1.54) is 29.5 Å². The minimum Gasteiger partial charge on any atom is -0.325 e. The van der Waals surface area contributed by atoms with E-state index in [2.05, 4.69) is 33.1 Å². The first kappa shape index (κ1) is 20.6. The fourth-order valence-corrected chi connectivity index (χ4v) is 4.21. The Kier molecular flexibility index (Phi) is 5.99. The van der Waals surface area contributed by atoms with Gasteiger partial charge in [-0.05, 0) is 48.0 Å². The third-order valence-corrected chi connectivity index (χ3v) is 5.90. The average molecular weight is 434 g/mol. The molecule has 0 radical (unpaired) electrons. The van der Waals surface area contributed by atoms with Crippen LogP contribution in [0.15, 0.2) is 78.0 Å². The molecule has 0 aliphatic rings. The molecular weight excluding hydrogens is 412 g/mol. The summed E-state index contributed by atoms with van der Waals surface area (Å²) in [6.07, 6.45) is 0. The van der Waals surface area contributed by atoms with E-state index < -0.39 is 4.92 Å². The predicted octanol–water partition coefficient (Wildman–Crippen LogP) is 4.45. The Balaban J connectivity index is 1.50. The molecule has 0 bridgehead atoms. The number of non-ortho nitro benzene ring substituents is 1. The maximum atomic E-state index is 12.6. The number of H-pyrrole nitrogens is 1. The Morgan fingerprint density at radius 2 is 1.84 bits per heavy atom. The van der Waals surface area contributed by atoms with Gasteiger partial charge in [0.05, 0.1) is 10.7 Å². The van der Waals surface area contributed by atoms with Crippen LogP contribution >= 0.6 is 11.8 Å². The van der Waals surface area contributed by atoms with Gasteiger partial charge in [-0.15, -0.1) is 0 Å². The number of carbonyl (C=O) groups excluding carboxylic acids is 1. The summed E-state index contributed by atoms with van der Waals surface area (Å²) >= 11 is 1.42. The summed E-state index contributed by atoms with van der Waals surface area (Å²) in [5, 5.41) is 14.6. The largest absolute Gasteiger partial charge is 0.325 e. The first-order chi connectivity index (χ1) is 15.0. The zero-order valence-electron chi connectivity index (χ0n) is 16.9. The van der Waals surface area contributed by atoms with Crippen molar-refractivity contribution in [1.29, 1.82) is 0 Å². The average Bonchev–Trinajstić information content (AvgIpc) is 3.12. The lowest BCUT2D eigenvalue weighted by molar-refractivity contribution is -0.700. The van der Waals surface area contributed by atoms with Gasteiger partial charge in [-0.25, -0.2) is 9.55 Å². The number of amides is 1. The van der Waals surface area contributed by atoms with Gasteiger partial charge in [-0.1, -0.05) is 42.5 Å². The lowest BCUT2D eigenvalue weighted by Crippen LogP contribution is -2.35. The van der Waals surface area contributed by atoms with Gasteiger partial charge in [0.1, 0.15) is 6.54 Å². The molecule has 0 aliphatic carbocycles. The molecule has 0 atom stereocenters. The number of nitrogens with one attached hydrogen (secondary N) is 2. The third-order valence-electron chi connectivity index (χ3n) is 4.90. The van der Waals surface area contributed by atoms with E-state index in [0.29, 0.717) is 17.8 Å². The SMILES string of the molecule is Cc1cc([N+](=O)[O-])ccc1NC(=O)CSc1[nH]c2ccccc2[n+]1Cc1ccccc1. The standard InChI is InChI=1S/C23H20N4O3S/c1-16-13-18(27(29)30)11-12-19(16)24-22(28)15-31-23-25-20-9-5-6-10-21(20)26(23)14-17-7-3-2-4-8-17/h2-13H,14-15H2,1H3,(H,24,28)/p+1. The number of carbonyl (C=O) groups is 1. The fourth-order valence-electron chi connectivity index (χ4n) is 3.37. The van der Waals surface area contributed by atoms with Crippen LogP contribution in [0.25, 0.3) is 11.0 Å². The highest BCUT2D eigenvalue weighted by molar-refractivity contribution is 7.99. The van der Waals surface area contributed by atoms with Gasteiger partial charge in [0.2, 0.25) is 5.91 Å². The monoisotopic (exact) mass is 433 g/mol. The van der Waals surface area contributed by atoms with Crippen molar-refractivity contribution in [1.82, 2.24) is 4.98 Å².